The van der Waals surface area contributed by atoms with Crippen molar-refractivity contribution in [2.45, 2.75) is 12.5 Å². The molecule has 2 rings (SSSR count). The monoisotopic (exact) mass is 237 g/mol. The molecule has 1 aromatic rings. The summed E-state index contributed by atoms with van der Waals surface area (Å²) in [6, 6.07) is 4.93. The van der Waals surface area contributed by atoms with Crippen molar-refractivity contribution in [3.05, 3.63) is 23.8 Å². The second-order valence-electron chi connectivity index (χ2n) is 3.85. The van der Waals surface area contributed by atoms with Crippen molar-refractivity contribution in [2.75, 3.05) is 26.1 Å². The first-order valence-electron chi connectivity index (χ1n) is 5.43. The van der Waals surface area contributed by atoms with Crippen molar-refractivity contribution < 1.29 is 19.0 Å². The van der Waals surface area contributed by atoms with Crippen LogP contribution in [0.1, 0.15) is 16.8 Å². The van der Waals surface area contributed by atoms with E-state index < -0.39 is 5.97 Å². The van der Waals surface area contributed by atoms with Gasteiger partial charge in [0.1, 0.15) is 17.4 Å². The van der Waals surface area contributed by atoms with Crippen molar-refractivity contribution in [3.63, 3.8) is 0 Å². The van der Waals surface area contributed by atoms with Gasteiger partial charge in [-0.2, -0.15) is 0 Å². The van der Waals surface area contributed by atoms with Crippen molar-refractivity contribution in [1.29, 1.82) is 0 Å². The highest BCUT2D eigenvalue weighted by atomic mass is 16.6. The maximum absolute atomic E-state index is 11.6. The van der Waals surface area contributed by atoms with Gasteiger partial charge in [0, 0.05) is 12.1 Å². The lowest BCUT2D eigenvalue weighted by Crippen LogP contribution is -2.18. The average Bonchev–Trinajstić information content (AvgIpc) is 2.83. The molecule has 1 aliphatic rings. The fourth-order valence-corrected chi connectivity index (χ4v) is 1.71. The zero-order valence-electron chi connectivity index (χ0n) is 9.64. The molecule has 1 aliphatic heterocycles. The molecule has 0 amide bonds. The number of methoxy groups -OCH3 is 1. The fraction of sp³-hybridized carbons (Fsp3) is 0.417. The van der Waals surface area contributed by atoms with Crippen LogP contribution in [0, 0.1) is 0 Å². The maximum atomic E-state index is 11.6. The Morgan fingerprint density at radius 3 is 3.00 bits per heavy atom. The van der Waals surface area contributed by atoms with E-state index >= 15 is 0 Å². The second-order valence-corrected chi connectivity index (χ2v) is 3.85. The molecule has 1 atom stereocenters. The maximum Gasteiger partial charge on any atom is 0.341 e. The lowest BCUT2D eigenvalue weighted by molar-refractivity contribution is 0.0591. The molecule has 0 bridgehead atoms. The number of benzene rings is 1. The summed E-state index contributed by atoms with van der Waals surface area (Å²) in [6.45, 7) is 1.23. The van der Waals surface area contributed by atoms with Gasteiger partial charge in [0.2, 0.25) is 0 Å². The summed E-state index contributed by atoms with van der Waals surface area (Å²) in [5, 5.41) is 0. The number of esters is 1. The first-order chi connectivity index (χ1) is 8.20. The van der Waals surface area contributed by atoms with Crippen LogP contribution in [0.5, 0.6) is 5.75 Å². The Balaban J connectivity index is 2.22. The molecule has 0 radical (unpaired) electrons. The van der Waals surface area contributed by atoms with Crippen LogP contribution in [0.3, 0.4) is 0 Å². The summed E-state index contributed by atoms with van der Waals surface area (Å²) in [5.41, 5.74) is 6.49. The van der Waals surface area contributed by atoms with Crippen LogP contribution in [-0.2, 0) is 9.47 Å². The van der Waals surface area contributed by atoms with Gasteiger partial charge in [0.05, 0.1) is 20.3 Å². The molecule has 1 aromatic carbocycles. The average molecular weight is 237 g/mol. The smallest absolute Gasteiger partial charge is 0.341 e. The van der Waals surface area contributed by atoms with E-state index in [2.05, 4.69) is 0 Å². The third kappa shape index (κ3) is 2.68. The molecule has 2 N–H and O–H groups in total. The molecule has 0 aromatic heterocycles. The minimum atomic E-state index is -0.453. The van der Waals surface area contributed by atoms with Gasteiger partial charge in [-0.1, -0.05) is 0 Å². The number of rotatable bonds is 3. The fourth-order valence-electron chi connectivity index (χ4n) is 1.71. The van der Waals surface area contributed by atoms with Crippen molar-refractivity contribution in [3.8, 4) is 5.75 Å². The summed E-state index contributed by atoms with van der Waals surface area (Å²) in [4.78, 5) is 11.6. The van der Waals surface area contributed by atoms with Crippen LogP contribution in [-0.4, -0.2) is 32.4 Å². The number of carbonyl (C=O) groups excluding carboxylic acids is 1. The molecule has 1 saturated heterocycles. The highest BCUT2D eigenvalue weighted by molar-refractivity contribution is 5.93. The predicted molar refractivity (Wildman–Crippen MR) is 62.0 cm³/mol. The van der Waals surface area contributed by atoms with Gasteiger partial charge in [-0.15, -0.1) is 0 Å². The first-order valence-corrected chi connectivity index (χ1v) is 5.43. The molecule has 1 heterocycles. The molecule has 1 fully saturated rings. The van der Waals surface area contributed by atoms with Gasteiger partial charge >= 0.3 is 5.97 Å². The van der Waals surface area contributed by atoms with Crippen LogP contribution >= 0.6 is 0 Å². The molecular weight excluding hydrogens is 222 g/mol. The summed E-state index contributed by atoms with van der Waals surface area (Å²) in [7, 11) is 1.33. The highest BCUT2D eigenvalue weighted by Crippen LogP contribution is 2.25. The quantitative estimate of drug-likeness (QED) is 0.632. The molecule has 17 heavy (non-hydrogen) atoms. The Hall–Kier alpha value is -1.75. The topological polar surface area (TPSA) is 70.8 Å². The Bertz CT molecular complexity index is 413. The number of carbonyl (C=O) groups is 1. The molecule has 0 saturated carbocycles. The molecular formula is C12H15NO4. The molecule has 1 unspecified atom stereocenters. The van der Waals surface area contributed by atoms with E-state index in [-0.39, 0.29) is 6.10 Å². The summed E-state index contributed by atoms with van der Waals surface area (Å²) < 4.78 is 15.6. The number of hydrogen-bond acceptors (Lipinski definition) is 5. The van der Waals surface area contributed by atoms with Crippen molar-refractivity contribution in [2.24, 2.45) is 0 Å². The predicted octanol–water partition coefficient (Wildman–Crippen LogP) is 1.22. The third-order valence-electron chi connectivity index (χ3n) is 2.59. The number of nitrogens with two attached hydrogens (primary N) is 1. The van der Waals surface area contributed by atoms with E-state index in [1.165, 1.54) is 7.11 Å². The molecule has 0 aliphatic carbocycles. The van der Waals surface area contributed by atoms with Gasteiger partial charge < -0.3 is 19.9 Å². The molecule has 5 nitrogen and oxygen atoms in total. The van der Waals surface area contributed by atoms with Gasteiger partial charge in [-0.3, -0.25) is 0 Å². The standard InChI is InChI=1S/C12H15NO4/c1-15-12(14)10-6-8(13)2-3-11(10)17-9-4-5-16-7-9/h2-3,6,9H,4-5,7,13H2,1H3. The Morgan fingerprint density at radius 1 is 1.53 bits per heavy atom. The Morgan fingerprint density at radius 2 is 2.35 bits per heavy atom. The van der Waals surface area contributed by atoms with E-state index in [4.69, 9.17) is 19.9 Å². The van der Waals surface area contributed by atoms with E-state index in [1.807, 2.05) is 0 Å². The van der Waals surface area contributed by atoms with E-state index in [1.54, 1.807) is 18.2 Å². The number of ether oxygens (including phenoxy) is 3. The normalized spacial score (nSPS) is 19.0. The van der Waals surface area contributed by atoms with Crippen LogP contribution in [0.25, 0.3) is 0 Å². The summed E-state index contributed by atoms with van der Waals surface area (Å²) in [5.74, 6) is 0.0350. The molecule has 5 heteroatoms. The lowest BCUT2D eigenvalue weighted by atomic mass is 10.1. The number of anilines is 1. The minimum absolute atomic E-state index is 0.0120. The van der Waals surface area contributed by atoms with Gasteiger partial charge in [-0.25, -0.2) is 4.79 Å². The zero-order chi connectivity index (χ0) is 12.3. The summed E-state index contributed by atoms with van der Waals surface area (Å²) in [6.07, 6.45) is 0.812. The van der Waals surface area contributed by atoms with Crippen LogP contribution in [0.4, 0.5) is 5.69 Å². The second kappa shape index (κ2) is 5.05. The first kappa shape index (κ1) is 11.7. The Labute approximate surface area is 99.5 Å². The van der Waals surface area contributed by atoms with Crippen LogP contribution in [0.15, 0.2) is 18.2 Å². The van der Waals surface area contributed by atoms with Gasteiger partial charge in [-0.05, 0) is 18.2 Å². The minimum Gasteiger partial charge on any atom is -0.487 e. The van der Waals surface area contributed by atoms with E-state index in [0.29, 0.717) is 30.2 Å². The Kier molecular flexibility index (Phi) is 3.49. The van der Waals surface area contributed by atoms with Crippen LogP contribution < -0.4 is 10.5 Å². The van der Waals surface area contributed by atoms with Gasteiger partial charge in [0.15, 0.2) is 0 Å². The van der Waals surface area contributed by atoms with Gasteiger partial charge in [0.25, 0.3) is 0 Å². The highest BCUT2D eigenvalue weighted by Gasteiger charge is 2.21. The largest absolute Gasteiger partial charge is 0.487 e. The van der Waals surface area contributed by atoms with Crippen molar-refractivity contribution >= 4 is 11.7 Å². The zero-order valence-corrected chi connectivity index (χ0v) is 9.64. The molecule has 92 valence electrons. The van der Waals surface area contributed by atoms with E-state index in [0.717, 1.165) is 6.42 Å². The third-order valence-corrected chi connectivity index (χ3v) is 2.59. The lowest BCUT2D eigenvalue weighted by Gasteiger charge is -2.14. The number of hydrogen-bond donors (Lipinski definition) is 1. The van der Waals surface area contributed by atoms with Crippen LogP contribution in [0.2, 0.25) is 0 Å². The summed E-state index contributed by atoms with van der Waals surface area (Å²) >= 11 is 0. The number of nitrogen functional groups attached to an aromatic ring is 1. The van der Waals surface area contributed by atoms with E-state index in [9.17, 15) is 4.79 Å². The van der Waals surface area contributed by atoms with Crippen molar-refractivity contribution in [1.82, 2.24) is 0 Å². The SMILES string of the molecule is COC(=O)c1cc(N)ccc1OC1CCOC1. The molecule has 0 spiro atoms.